The molecule has 0 unspecified atom stereocenters. The molecule has 1 saturated heterocycles. The SMILES string of the molecule is COc1cc2ccccc2cc1C(=O)Nc1cccc(Cl)c1N1CCCC1. The minimum absolute atomic E-state index is 0.208. The lowest BCUT2D eigenvalue weighted by molar-refractivity contribution is 0.102. The van der Waals surface area contributed by atoms with Crippen LogP contribution in [-0.4, -0.2) is 26.1 Å². The number of fused-ring (bicyclic) bond motifs is 1. The van der Waals surface area contributed by atoms with Crippen LogP contribution >= 0.6 is 11.6 Å². The molecule has 138 valence electrons. The molecule has 3 aromatic rings. The first-order chi connectivity index (χ1) is 13.2. The zero-order chi connectivity index (χ0) is 18.8. The van der Waals surface area contributed by atoms with Gasteiger partial charge in [0.2, 0.25) is 0 Å². The number of rotatable bonds is 4. The first-order valence-electron chi connectivity index (χ1n) is 9.09. The summed E-state index contributed by atoms with van der Waals surface area (Å²) in [6.45, 7) is 1.90. The lowest BCUT2D eigenvalue weighted by Gasteiger charge is -2.23. The van der Waals surface area contributed by atoms with Crippen LogP contribution in [0, 0.1) is 0 Å². The van der Waals surface area contributed by atoms with Gasteiger partial charge in [0.15, 0.2) is 0 Å². The summed E-state index contributed by atoms with van der Waals surface area (Å²) in [5.74, 6) is 0.344. The zero-order valence-corrected chi connectivity index (χ0v) is 15.9. The predicted octanol–water partition coefficient (Wildman–Crippen LogP) is 5.35. The number of ether oxygens (including phenoxy) is 1. The van der Waals surface area contributed by atoms with E-state index in [0.717, 1.165) is 48.1 Å². The Morgan fingerprint density at radius 3 is 2.44 bits per heavy atom. The van der Waals surface area contributed by atoms with Crippen molar-refractivity contribution in [3.05, 3.63) is 65.2 Å². The molecule has 0 atom stereocenters. The lowest BCUT2D eigenvalue weighted by atomic mass is 10.1. The molecule has 27 heavy (non-hydrogen) atoms. The second-order valence-electron chi connectivity index (χ2n) is 6.68. The second kappa shape index (κ2) is 7.49. The van der Waals surface area contributed by atoms with Crippen LogP contribution in [0.4, 0.5) is 11.4 Å². The number of nitrogens with one attached hydrogen (secondary N) is 1. The van der Waals surface area contributed by atoms with Crippen molar-refractivity contribution in [2.45, 2.75) is 12.8 Å². The maximum absolute atomic E-state index is 13.1. The standard InChI is InChI=1S/C22H21ClN2O2/c1-27-20-14-16-8-3-2-7-15(16)13-17(20)22(26)24-19-10-6-9-18(23)21(19)25-11-4-5-12-25/h2-3,6-10,13-14H,4-5,11-12H2,1H3,(H,24,26). The van der Waals surface area contributed by atoms with Gasteiger partial charge in [0.05, 0.1) is 29.1 Å². The summed E-state index contributed by atoms with van der Waals surface area (Å²) in [5.41, 5.74) is 2.12. The topological polar surface area (TPSA) is 41.6 Å². The molecule has 1 aliphatic rings. The van der Waals surface area contributed by atoms with Crippen molar-refractivity contribution in [1.29, 1.82) is 0 Å². The minimum Gasteiger partial charge on any atom is -0.496 e. The van der Waals surface area contributed by atoms with Crippen LogP contribution in [0.5, 0.6) is 5.75 Å². The molecule has 1 fully saturated rings. The molecule has 4 nitrogen and oxygen atoms in total. The second-order valence-corrected chi connectivity index (χ2v) is 7.09. The van der Waals surface area contributed by atoms with Crippen molar-refractivity contribution >= 4 is 39.7 Å². The molecule has 0 saturated carbocycles. The summed E-state index contributed by atoms with van der Waals surface area (Å²) in [6, 6.07) is 17.3. The Hall–Kier alpha value is -2.72. The van der Waals surface area contributed by atoms with Gasteiger partial charge in [0, 0.05) is 13.1 Å². The molecule has 1 amide bonds. The number of hydrogen-bond acceptors (Lipinski definition) is 3. The first-order valence-corrected chi connectivity index (χ1v) is 9.47. The Kier molecular flexibility index (Phi) is 4.90. The first kappa shape index (κ1) is 17.7. The van der Waals surface area contributed by atoms with Crippen molar-refractivity contribution < 1.29 is 9.53 Å². The Balaban J connectivity index is 1.71. The highest BCUT2D eigenvalue weighted by Crippen LogP contribution is 2.36. The monoisotopic (exact) mass is 380 g/mol. The van der Waals surface area contributed by atoms with E-state index in [9.17, 15) is 4.79 Å². The van der Waals surface area contributed by atoms with Gasteiger partial charge in [-0.2, -0.15) is 0 Å². The van der Waals surface area contributed by atoms with Gasteiger partial charge < -0.3 is 15.0 Å². The fourth-order valence-electron chi connectivity index (χ4n) is 3.63. The molecule has 0 aliphatic carbocycles. The number of hydrogen-bond donors (Lipinski definition) is 1. The average molecular weight is 381 g/mol. The number of para-hydroxylation sites is 1. The smallest absolute Gasteiger partial charge is 0.259 e. The van der Waals surface area contributed by atoms with Gasteiger partial charge in [-0.05, 0) is 47.9 Å². The van der Waals surface area contributed by atoms with Crippen LogP contribution in [0.1, 0.15) is 23.2 Å². The highest BCUT2D eigenvalue weighted by atomic mass is 35.5. The van der Waals surface area contributed by atoms with Crippen molar-refractivity contribution in [2.75, 3.05) is 30.4 Å². The predicted molar refractivity (Wildman–Crippen MR) is 111 cm³/mol. The molecule has 0 radical (unpaired) electrons. The third kappa shape index (κ3) is 3.45. The molecule has 4 rings (SSSR count). The average Bonchev–Trinajstić information content (AvgIpc) is 3.21. The summed E-state index contributed by atoms with van der Waals surface area (Å²) in [4.78, 5) is 15.3. The van der Waals surface area contributed by atoms with E-state index in [1.54, 1.807) is 7.11 Å². The largest absolute Gasteiger partial charge is 0.496 e. The molecular formula is C22H21ClN2O2. The number of anilines is 2. The molecule has 1 N–H and O–H groups in total. The fraction of sp³-hybridized carbons (Fsp3) is 0.227. The van der Waals surface area contributed by atoms with Crippen LogP contribution < -0.4 is 15.0 Å². The fourth-order valence-corrected chi connectivity index (χ4v) is 3.93. The Morgan fingerprint density at radius 2 is 1.74 bits per heavy atom. The molecular weight excluding hydrogens is 360 g/mol. The summed E-state index contributed by atoms with van der Waals surface area (Å²) in [5, 5.41) is 5.72. The third-order valence-electron chi connectivity index (χ3n) is 4.97. The molecule has 1 aliphatic heterocycles. The third-order valence-corrected chi connectivity index (χ3v) is 5.27. The van der Waals surface area contributed by atoms with E-state index in [1.807, 2.05) is 54.6 Å². The van der Waals surface area contributed by atoms with Crippen LogP contribution in [0.3, 0.4) is 0 Å². The molecule has 5 heteroatoms. The quantitative estimate of drug-likeness (QED) is 0.663. The number of benzene rings is 3. The highest BCUT2D eigenvalue weighted by Gasteiger charge is 2.21. The number of carbonyl (C=O) groups excluding carboxylic acids is 1. The Labute approximate surface area is 163 Å². The summed E-state index contributed by atoms with van der Waals surface area (Å²) in [7, 11) is 1.58. The van der Waals surface area contributed by atoms with E-state index in [4.69, 9.17) is 16.3 Å². The summed E-state index contributed by atoms with van der Waals surface area (Å²) < 4.78 is 5.47. The van der Waals surface area contributed by atoms with Crippen molar-refractivity contribution in [1.82, 2.24) is 0 Å². The van der Waals surface area contributed by atoms with E-state index in [1.165, 1.54) is 0 Å². The Morgan fingerprint density at radius 1 is 1.04 bits per heavy atom. The Bertz CT molecular complexity index is 997. The molecule has 0 spiro atoms. The van der Waals surface area contributed by atoms with Crippen LogP contribution in [-0.2, 0) is 0 Å². The minimum atomic E-state index is -0.208. The van der Waals surface area contributed by atoms with Gasteiger partial charge in [-0.15, -0.1) is 0 Å². The van der Waals surface area contributed by atoms with Crippen molar-refractivity contribution in [2.24, 2.45) is 0 Å². The molecule has 0 aromatic heterocycles. The van der Waals surface area contributed by atoms with Gasteiger partial charge in [0.1, 0.15) is 5.75 Å². The number of halogens is 1. The molecule has 1 heterocycles. The maximum atomic E-state index is 13.1. The number of methoxy groups -OCH3 is 1. The summed E-state index contributed by atoms with van der Waals surface area (Å²) >= 11 is 6.46. The van der Waals surface area contributed by atoms with Crippen LogP contribution in [0.2, 0.25) is 5.02 Å². The van der Waals surface area contributed by atoms with Crippen molar-refractivity contribution in [3.8, 4) is 5.75 Å². The van der Waals surface area contributed by atoms with E-state index >= 15 is 0 Å². The van der Waals surface area contributed by atoms with Crippen LogP contribution in [0.25, 0.3) is 10.8 Å². The van der Waals surface area contributed by atoms with E-state index in [0.29, 0.717) is 16.3 Å². The van der Waals surface area contributed by atoms with E-state index < -0.39 is 0 Å². The summed E-state index contributed by atoms with van der Waals surface area (Å²) in [6.07, 6.45) is 2.27. The number of amides is 1. The van der Waals surface area contributed by atoms with Crippen LogP contribution in [0.15, 0.2) is 54.6 Å². The van der Waals surface area contributed by atoms with Gasteiger partial charge in [0.25, 0.3) is 5.91 Å². The van der Waals surface area contributed by atoms with Gasteiger partial charge in [-0.3, -0.25) is 4.79 Å². The number of carbonyl (C=O) groups is 1. The van der Waals surface area contributed by atoms with Gasteiger partial charge in [-0.25, -0.2) is 0 Å². The maximum Gasteiger partial charge on any atom is 0.259 e. The lowest BCUT2D eigenvalue weighted by Crippen LogP contribution is -2.21. The zero-order valence-electron chi connectivity index (χ0n) is 15.2. The number of nitrogens with zero attached hydrogens (tertiary/aromatic N) is 1. The molecule has 3 aromatic carbocycles. The highest BCUT2D eigenvalue weighted by molar-refractivity contribution is 6.34. The van der Waals surface area contributed by atoms with Gasteiger partial charge in [-0.1, -0.05) is 41.9 Å². The van der Waals surface area contributed by atoms with E-state index in [-0.39, 0.29) is 5.91 Å². The normalized spacial score (nSPS) is 13.8. The van der Waals surface area contributed by atoms with Crippen molar-refractivity contribution in [3.63, 3.8) is 0 Å². The van der Waals surface area contributed by atoms with Gasteiger partial charge >= 0.3 is 0 Å². The van der Waals surface area contributed by atoms with E-state index in [2.05, 4.69) is 10.2 Å². The molecule has 0 bridgehead atoms.